The summed E-state index contributed by atoms with van der Waals surface area (Å²) in [6.07, 6.45) is 0.810. The predicted molar refractivity (Wildman–Crippen MR) is 91.5 cm³/mol. The summed E-state index contributed by atoms with van der Waals surface area (Å²) in [5.74, 6) is 0.908. The van der Waals surface area contributed by atoms with Gasteiger partial charge in [-0.3, -0.25) is 0 Å². The lowest BCUT2D eigenvalue weighted by atomic mass is 9.83. The van der Waals surface area contributed by atoms with Crippen molar-refractivity contribution in [2.75, 3.05) is 11.9 Å². The number of nitrogens with one attached hydrogen (secondary N) is 1. The zero-order valence-corrected chi connectivity index (χ0v) is 14.7. The van der Waals surface area contributed by atoms with Crippen molar-refractivity contribution in [1.29, 1.82) is 0 Å². The Kier molecular flexibility index (Phi) is 4.67. The Hall–Kier alpha value is -1.42. The van der Waals surface area contributed by atoms with E-state index in [0.717, 1.165) is 23.9 Å². The number of hydrogen-bond donors (Lipinski definition) is 1. The van der Waals surface area contributed by atoms with Gasteiger partial charge in [0.15, 0.2) is 0 Å². The van der Waals surface area contributed by atoms with Gasteiger partial charge in [-0.1, -0.05) is 32.9 Å². The summed E-state index contributed by atoms with van der Waals surface area (Å²) < 4.78 is 4.45. The van der Waals surface area contributed by atoms with Crippen LogP contribution in [0.25, 0.3) is 0 Å². The Balaban J connectivity index is 2.27. The van der Waals surface area contributed by atoms with Crippen molar-refractivity contribution in [3.63, 3.8) is 0 Å². The van der Waals surface area contributed by atoms with Crippen LogP contribution in [0.15, 0.2) is 12.1 Å². The molecule has 0 unspecified atom stereocenters. The van der Waals surface area contributed by atoms with Gasteiger partial charge in [0.05, 0.1) is 0 Å². The van der Waals surface area contributed by atoms with Crippen LogP contribution in [0.4, 0.5) is 5.13 Å². The summed E-state index contributed by atoms with van der Waals surface area (Å²) in [6, 6.07) is 4.61. The summed E-state index contributed by atoms with van der Waals surface area (Å²) >= 11 is 1.44. The van der Waals surface area contributed by atoms with E-state index in [4.69, 9.17) is 0 Å². The first-order chi connectivity index (χ1) is 9.81. The van der Waals surface area contributed by atoms with Crippen molar-refractivity contribution in [2.24, 2.45) is 0 Å². The number of nitrogens with zero attached hydrogens (tertiary/aromatic N) is 2. The van der Waals surface area contributed by atoms with Crippen molar-refractivity contribution < 1.29 is 0 Å². The standard InChI is InChI=1S/C17H25N3S/c1-7-18-16-19-15(20-21-16)10-14-11(2)8-13(9-12(14)3)17(4,5)6/h8-9H,7,10H2,1-6H3,(H,18,19,20). The number of aromatic nitrogens is 2. The second-order valence-corrected chi connectivity index (χ2v) is 7.31. The SMILES string of the molecule is CCNc1nc(Cc2c(C)cc(C(C)(C)C)cc2C)ns1. The van der Waals surface area contributed by atoms with Crippen molar-refractivity contribution in [3.8, 4) is 0 Å². The molecule has 114 valence electrons. The predicted octanol–water partition coefficient (Wildman–Crippen LogP) is 4.48. The fourth-order valence-electron chi connectivity index (χ4n) is 2.41. The van der Waals surface area contributed by atoms with E-state index >= 15 is 0 Å². The third-order valence-corrected chi connectivity index (χ3v) is 4.40. The normalized spacial score (nSPS) is 11.7. The van der Waals surface area contributed by atoms with Gasteiger partial charge in [-0.05, 0) is 48.4 Å². The molecule has 2 rings (SSSR count). The quantitative estimate of drug-likeness (QED) is 0.905. The van der Waals surface area contributed by atoms with Gasteiger partial charge in [0.2, 0.25) is 5.13 Å². The summed E-state index contributed by atoms with van der Waals surface area (Å²) in [6.45, 7) is 14.1. The molecule has 0 saturated carbocycles. The Labute approximate surface area is 132 Å². The molecule has 0 saturated heterocycles. The van der Waals surface area contributed by atoms with E-state index < -0.39 is 0 Å². The van der Waals surface area contributed by atoms with Crippen LogP contribution in [-0.4, -0.2) is 15.9 Å². The molecule has 0 aliphatic rings. The highest BCUT2D eigenvalue weighted by molar-refractivity contribution is 7.09. The van der Waals surface area contributed by atoms with Gasteiger partial charge in [0.25, 0.3) is 0 Å². The van der Waals surface area contributed by atoms with E-state index in [0.29, 0.717) is 0 Å². The molecule has 1 N–H and O–H groups in total. The average Bonchev–Trinajstić information content (AvgIpc) is 2.80. The van der Waals surface area contributed by atoms with Gasteiger partial charge in [-0.15, -0.1) is 0 Å². The third-order valence-electron chi connectivity index (χ3n) is 3.69. The molecule has 4 heteroatoms. The maximum Gasteiger partial charge on any atom is 0.202 e. The van der Waals surface area contributed by atoms with Crippen LogP contribution in [0.5, 0.6) is 0 Å². The maximum absolute atomic E-state index is 4.54. The molecule has 1 aromatic carbocycles. The molecular formula is C17H25N3S. The second kappa shape index (κ2) is 6.14. The number of anilines is 1. The van der Waals surface area contributed by atoms with Gasteiger partial charge >= 0.3 is 0 Å². The Bertz CT molecular complexity index is 600. The molecule has 0 aliphatic carbocycles. The van der Waals surface area contributed by atoms with Crippen molar-refractivity contribution >= 4 is 16.7 Å². The van der Waals surface area contributed by atoms with Crippen LogP contribution in [0, 0.1) is 13.8 Å². The lowest BCUT2D eigenvalue weighted by molar-refractivity contribution is 0.588. The third kappa shape index (κ3) is 3.82. The van der Waals surface area contributed by atoms with Gasteiger partial charge in [0, 0.05) is 24.5 Å². The first-order valence-electron chi connectivity index (χ1n) is 7.48. The van der Waals surface area contributed by atoms with Crippen LogP contribution in [0.2, 0.25) is 0 Å². The Morgan fingerprint density at radius 2 is 1.76 bits per heavy atom. The molecular weight excluding hydrogens is 278 g/mol. The maximum atomic E-state index is 4.54. The molecule has 0 radical (unpaired) electrons. The van der Waals surface area contributed by atoms with E-state index in [1.807, 2.05) is 0 Å². The van der Waals surface area contributed by atoms with Crippen molar-refractivity contribution in [2.45, 2.75) is 53.4 Å². The first kappa shape index (κ1) is 16.0. The molecule has 2 aromatic rings. The summed E-state index contributed by atoms with van der Waals surface area (Å²) in [7, 11) is 0. The molecule has 0 amide bonds. The van der Waals surface area contributed by atoms with E-state index in [1.54, 1.807) is 0 Å². The van der Waals surface area contributed by atoms with E-state index in [-0.39, 0.29) is 5.41 Å². The van der Waals surface area contributed by atoms with Crippen LogP contribution >= 0.6 is 11.5 Å². The van der Waals surface area contributed by atoms with Crippen LogP contribution in [-0.2, 0) is 11.8 Å². The molecule has 3 nitrogen and oxygen atoms in total. The smallest absolute Gasteiger partial charge is 0.202 e. The van der Waals surface area contributed by atoms with Crippen LogP contribution < -0.4 is 5.32 Å². The minimum absolute atomic E-state index is 0.186. The largest absolute Gasteiger partial charge is 0.361 e. The van der Waals surface area contributed by atoms with Gasteiger partial charge < -0.3 is 5.32 Å². The zero-order valence-electron chi connectivity index (χ0n) is 13.9. The molecule has 0 atom stereocenters. The number of aryl methyl sites for hydroxylation is 2. The highest BCUT2D eigenvalue weighted by Crippen LogP contribution is 2.28. The van der Waals surface area contributed by atoms with Gasteiger partial charge in [-0.2, -0.15) is 4.37 Å². The van der Waals surface area contributed by atoms with Gasteiger partial charge in [0.1, 0.15) is 5.82 Å². The Morgan fingerprint density at radius 1 is 1.14 bits per heavy atom. The molecule has 21 heavy (non-hydrogen) atoms. The highest BCUT2D eigenvalue weighted by atomic mass is 32.1. The highest BCUT2D eigenvalue weighted by Gasteiger charge is 2.17. The molecule has 0 aliphatic heterocycles. The molecule has 0 fully saturated rings. The lowest BCUT2D eigenvalue weighted by Gasteiger charge is -2.22. The van der Waals surface area contributed by atoms with Crippen molar-refractivity contribution in [1.82, 2.24) is 9.36 Å². The van der Waals surface area contributed by atoms with E-state index in [1.165, 1.54) is 33.8 Å². The lowest BCUT2D eigenvalue weighted by Crippen LogP contribution is -2.12. The average molecular weight is 303 g/mol. The summed E-state index contributed by atoms with van der Waals surface area (Å²) in [5.41, 5.74) is 5.59. The molecule has 1 heterocycles. The zero-order chi connectivity index (χ0) is 15.6. The molecule has 0 bridgehead atoms. The summed E-state index contributed by atoms with van der Waals surface area (Å²) in [5, 5.41) is 4.13. The number of benzene rings is 1. The first-order valence-corrected chi connectivity index (χ1v) is 8.25. The van der Waals surface area contributed by atoms with E-state index in [9.17, 15) is 0 Å². The molecule has 0 spiro atoms. The van der Waals surface area contributed by atoms with Crippen LogP contribution in [0.3, 0.4) is 0 Å². The number of hydrogen-bond acceptors (Lipinski definition) is 4. The number of rotatable bonds is 4. The van der Waals surface area contributed by atoms with Crippen molar-refractivity contribution in [3.05, 3.63) is 40.2 Å². The van der Waals surface area contributed by atoms with Gasteiger partial charge in [-0.25, -0.2) is 4.98 Å². The van der Waals surface area contributed by atoms with E-state index in [2.05, 4.69) is 68.3 Å². The minimum Gasteiger partial charge on any atom is -0.361 e. The fourth-order valence-corrected chi connectivity index (χ4v) is 3.06. The molecule has 1 aromatic heterocycles. The monoisotopic (exact) mass is 303 g/mol. The summed E-state index contributed by atoms with van der Waals surface area (Å²) in [4.78, 5) is 4.54. The second-order valence-electron chi connectivity index (χ2n) is 6.56. The van der Waals surface area contributed by atoms with Crippen LogP contribution in [0.1, 0.15) is 55.8 Å². The minimum atomic E-state index is 0.186. The fraction of sp³-hybridized carbons (Fsp3) is 0.529. The topological polar surface area (TPSA) is 37.8 Å². The Morgan fingerprint density at radius 3 is 2.29 bits per heavy atom.